The summed E-state index contributed by atoms with van der Waals surface area (Å²) in [6, 6.07) is 0. The maximum Gasteiger partial charge on any atom is 0.329 e. The molecule has 0 aliphatic rings. The van der Waals surface area contributed by atoms with Gasteiger partial charge in [-0.1, -0.05) is 5.92 Å². The number of terminal acetylenes is 1. The number of nitrogens with one attached hydrogen (secondary N) is 1. The van der Waals surface area contributed by atoms with E-state index in [0.717, 1.165) is 0 Å². The fraction of sp³-hybridized carbons (Fsp3) is 0.333. The molecule has 0 saturated heterocycles. The second kappa shape index (κ2) is 4.44. The molecule has 1 aromatic rings. The Balaban J connectivity index is 3.22. The Morgan fingerprint density at radius 1 is 1.64 bits per heavy atom. The van der Waals surface area contributed by atoms with Crippen molar-refractivity contribution in [3.8, 4) is 12.3 Å². The molecule has 1 aromatic heterocycles. The zero-order chi connectivity index (χ0) is 10.6. The zero-order valence-corrected chi connectivity index (χ0v) is 7.74. The van der Waals surface area contributed by atoms with E-state index >= 15 is 0 Å². The quantitative estimate of drug-likeness (QED) is 0.648. The van der Waals surface area contributed by atoms with Crippen LogP contribution in [-0.4, -0.2) is 16.7 Å². The first kappa shape index (κ1) is 10.3. The molecular weight excluding hydrogens is 184 g/mol. The fourth-order valence-corrected chi connectivity index (χ4v) is 1.03. The molecule has 0 aromatic carbocycles. The number of ether oxygens (including phenoxy) is 1. The second-order valence-electron chi connectivity index (χ2n) is 2.68. The fourth-order valence-electron chi connectivity index (χ4n) is 1.03. The van der Waals surface area contributed by atoms with E-state index in [1.807, 2.05) is 0 Å². The molecule has 0 bridgehead atoms. The van der Waals surface area contributed by atoms with Crippen LogP contribution in [0.3, 0.4) is 0 Å². The van der Waals surface area contributed by atoms with Gasteiger partial charge in [-0.15, -0.1) is 6.42 Å². The second-order valence-corrected chi connectivity index (χ2v) is 2.68. The standard InChI is InChI=1S/C9H10N2O3/c1-3-4-11-5-7(6-14-2)8(12)10-9(11)13/h1,5H,4,6H2,2H3,(H,10,12,13). The van der Waals surface area contributed by atoms with Crippen molar-refractivity contribution in [3.63, 3.8) is 0 Å². The summed E-state index contributed by atoms with van der Waals surface area (Å²) >= 11 is 0. The molecule has 0 saturated carbocycles. The maximum atomic E-state index is 11.2. The summed E-state index contributed by atoms with van der Waals surface area (Å²) in [5.41, 5.74) is -0.569. The van der Waals surface area contributed by atoms with Crippen LogP contribution in [0.1, 0.15) is 5.56 Å². The number of H-pyrrole nitrogens is 1. The topological polar surface area (TPSA) is 64.1 Å². The highest BCUT2D eigenvalue weighted by Gasteiger charge is 2.02. The van der Waals surface area contributed by atoms with Gasteiger partial charge in [-0.05, 0) is 0 Å². The molecule has 0 aliphatic carbocycles. The van der Waals surface area contributed by atoms with E-state index in [1.54, 1.807) is 0 Å². The third kappa shape index (κ3) is 2.12. The van der Waals surface area contributed by atoms with Crippen LogP contribution < -0.4 is 11.2 Å². The minimum absolute atomic E-state index is 0.131. The third-order valence-corrected chi connectivity index (χ3v) is 1.65. The SMILES string of the molecule is C#CCn1cc(COC)c(=O)[nH]c1=O. The van der Waals surface area contributed by atoms with Crippen LogP contribution >= 0.6 is 0 Å². The molecule has 5 heteroatoms. The van der Waals surface area contributed by atoms with Gasteiger partial charge in [-0.3, -0.25) is 14.3 Å². The zero-order valence-electron chi connectivity index (χ0n) is 7.74. The van der Waals surface area contributed by atoms with E-state index in [2.05, 4.69) is 10.9 Å². The van der Waals surface area contributed by atoms with Gasteiger partial charge >= 0.3 is 5.69 Å². The molecule has 1 N–H and O–H groups in total. The van der Waals surface area contributed by atoms with E-state index in [4.69, 9.17) is 11.2 Å². The predicted octanol–water partition coefficient (Wildman–Crippen LogP) is -0.684. The molecule has 1 rings (SSSR count). The van der Waals surface area contributed by atoms with Gasteiger partial charge in [0.25, 0.3) is 5.56 Å². The largest absolute Gasteiger partial charge is 0.380 e. The van der Waals surface area contributed by atoms with Gasteiger partial charge in [0.15, 0.2) is 0 Å². The van der Waals surface area contributed by atoms with Gasteiger partial charge in [0.2, 0.25) is 0 Å². The molecule has 0 spiro atoms. The van der Waals surface area contributed by atoms with E-state index in [1.165, 1.54) is 17.9 Å². The number of aromatic amines is 1. The number of hydrogen-bond donors (Lipinski definition) is 1. The van der Waals surface area contributed by atoms with Crippen molar-refractivity contribution in [2.45, 2.75) is 13.2 Å². The molecule has 0 radical (unpaired) electrons. The minimum Gasteiger partial charge on any atom is -0.380 e. The van der Waals surface area contributed by atoms with E-state index < -0.39 is 11.2 Å². The summed E-state index contributed by atoms with van der Waals surface area (Å²) in [5, 5.41) is 0. The Kier molecular flexibility index (Phi) is 3.26. The van der Waals surface area contributed by atoms with Gasteiger partial charge in [-0.25, -0.2) is 4.79 Å². The Bertz CT molecular complexity index is 464. The van der Waals surface area contributed by atoms with Gasteiger partial charge in [-0.2, -0.15) is 0 Å². The Morgan fingerprint density at radius 2 is 2.36 bits per heavy atom. The van der Waals surface area contributed by atoms with Crippen molar-refractivity contribution in [3.05, 3.63) is 32.6 Å². The summed E-state index contributed by atoms with van der Waals surface area (Å²) in [6.07, 6.45) is 6.47. The summed E-state index contributed by atoms with van der Waals surface area (Å²) < 4.78 is 6.04. The van der Waals surface area contributed by atoms with Crippen LogP contribution in [0, 0.1) is 12.3 Å². The monoisotopic (exact) mass is 194 g/mol. The molecule has 0 atom stereocenters. The highest BCUT2D eigenvalue weighted by molar-refractivity contribution is 5.04. The summed E-state index contributed by atoms with van der Waals surface area (Å²) in [6.45, 7) is 0.284. The molecule has 74 valence electrons. The number of aromatic nitrogens is 2. The Labute approximate surface area is 80.3 Å². The van der Waals surface area contributed by atoms with Crippen molar-refractivity contribution >= 4 is 0 Å². The summed E-state index contributed by atoms with van der Waals surface area (Å²) in [4.78, 5) is 24.5. The number of hydrogen-bond acceptors (Lipinski definition) is 3. The first-order valence-electron chi connectivity index (χ1n) is 3.94. The molecule has 0 amide bonds. The van der Waals surface area contributed by atoms with Gasteiger partial charge < -0.3 is 4.74 Å². The van der Waals surface area contributed by atoms with Crippen LogP contribution in [0.4, 0.5) is 0 Å². The predicted molar refractivity (Wildman–Crippen MR) is 50.9 cm³/mol. The third-order valence-electron chi connectivity index (χ3n) is 1.65. The highest BCUT2D eigenvalue weighted by atomic mass is 16.5. The lowest BCUT2D eigenvalue weighted by Crippen LogP contribution is -2.31. The van der Waals surface area contributed by atoms with Gasteiger partial charge in [0.1, 0.15) is 0 Å². The van der Waals surface area contributed by atoms with Crippen molar-refractivity contribution in [2.75, 3.05) is 7.11 Å². The lowest BCUT2D eigenvalue weighted by molar-refractivity contribution is 0.183. The molecule has 1 heterocycles. The highest BCUT2D eigenvalue weighted by Crippen LogP contribution is 1.89. The summed E-state index contributed by atoms with van der Waals surface area (Å²) in [7, 11) is 1.47. The first-order chi connectivity index (χ1) is 6.69. The first-order valence-corrected chi connectivity index (χ1v) is 3.94. The van der Waals surface area contributed by atoms with Crippen LogP contribution in [0.15, 0.2) is 15.8 Å². The van der Waals surface area contributed by atoms with Crippen molar-refractivity contribution < 1.29 is 4.74 Å². The van der Waals surface area contributed by atoms with Crippen LogP contribution in [-0.2, 0) is 17.9 Å². The van der Waals surface area contributed by atoms with Gasteiger partial charge in [0.05, 0.1) is 18.7 Å². The van der Waals surface area contributed by atoms with Crippen molar-refractivity contribution in [1.82, 2.24) is 9.55 Å². The molecule has 0 fully saturated rings. The molecule has 14 heavy (non-hydrogen) atoms. The smallest absolute Gasteiger partial charge is 0.329 e. The average molecular weight is 194 g/mol. The molecule has 5 nitrogen and oxygen atoms in total. The van der Waals surface area contributed by atoms with Crippen LogP contribution in [0.2, 0.25) is 0 Å². The molecular formula is C9H10N2O3. The lowest BCUT2D eigenvalue weighted by atomic mass is 10.3. The van der Waals surface area contributed by atoms with Crippen molar-refractivity contribution in [1.29, 1.82) is 0 Å². The Hall–Kier alpha value is -1.80. The maximum absolute atomic E-state index is 11.2. The lowest BCUT2D eigenvalue weighted by Gasteiger charge is -2.02. The molecule has 0 aliphatic heterocycles. The normalized spacial score (nSPS) is 9.71. The van der Waals surface area contributed by atoms with Crippen LogP contribution in [0.25, 0.3) is 0 Å². The van der Waals surface area contributed by atoms with Crippen molar-refractivity contribution in [2.24, 2.45) is 0 Å². The minimum atomic E-state index is -0.507. The van der Waals surface area contributed by atoms with E-state index in [0.29, 0.717) is 5.56 Å². The number of methoxy groups -OCH3 is 1. The molecule has 0 unspecified atom stereocenters. The number of nitrogens with zero attached hydrogens (tertiary/aromatic N) is 1. The van der Waals surface area contributed by atoms with E-state index in [9.17, 15) is 9.59 Å². The average Bonchev–Trinajstić information content (AvgIpc) is 2.14. The summed E-state index contributed by atoms with van der Waals surface area (Å²) in [5.74, 6) is 2.31. The van der Waals surface area contributed by atoms with Crippen LogP contribution in [0.5, 0.6) is 0 Å². The Morgan fingerprint density at radius 3 is 2.93 bits per heavy atom. The number of rotatable bonds is 3. The van der Waals surface area contributed by atoms with Gasteiger partial charge in [0, 0.05) is 13.3 Å². The van der Waals surface area contributed by atoms with E-state index in [-0.39, 0.29) is 13.2 Å².